The van der Waals surface area contributed by atoms with Gasteiger partial charge in [0.1, 0.15) is 6.20 Å². The number of nitrogens with zero attached hydrogens (tertiary/aromatic N) is 6. The molecular formula is C53H61N6O19S3+. The van der Waals surface area contributed by atoms with Gasteiger partial charge in [0.05, 0.1) is 51.7 Å². The molecule has 3 N–H and O–H groups in total. The number of imide groups is 2. The van der Waals surface area contributed by atoms with E-state index in [1.165, 1.54) is 43.6 Å². The first-order chi connectivity index (χ1) is 38.0. The smallest absolute Gasteiger partial charge is 0.344 e. The molecule has 5 amide bonds. The molecule has 25 nitrogen and oxygen atoms in total. The number of amides is 5. The van der Waals surface area contributed by atoms with Crippen LogP contribution in [0.1, 0.15) is 122 Å². The van der Waals surface area contributed by atoms with E-state index in [4.69, 9.17) is 19.5 Å². The lowest BCUT2D eigenvalue weighted by atomic mass is 9.76. The summed E-state index contributed by atoms with van der Waals surface area (Å²) in [6.45, 7) is 5.70. The summed E-state index contributed by atoms with van der Waals surface area (Å²) in [6.07, 6.45) is 11.1. The molecule has 7 rings (SSSR count). The number of aliphatic imine (C=N–C) groups is 1. The van der Waals surface area contributed by atoms with E-state index in [2.05, 4.69) is 0 Å². The number of hydrogen-bond acceptors (Lipinski definition) is 18. The molecule has 434 valence electrons. The second-order valence-corrected chi connectivity index (χ2v) is 24.9. The van der Waals surface area contributed by atoms with Crippen molar-refractivity contribution in [1.29, 1.82) is 0 Å². The Kier molecular flexibility index (Phi) is 18.8. The Hall–Kier alpha value is -7.34. The van der Waals surface area contributed by atoms with E-state index in [1.54, 1.807) is 58.0 Å². The number of allylic oxidation sites excluding steroid dienone is 6. The van der Waals surface area contributed by atoms with Crippen LogP contribution in [0.25, 0.3) is 0 Å². The number of anilines is 1. The Labute approximate surface area is 467 Å². The molecule has 1 atom stereocenters. The molecule has 0 aliphatic carbocycles. The molecule has 2 aromatic carbocycles. The minimum absolute atomic E-state index is 0.0195. The number of aromatic nitrogens is 1. The third kappa shape index (κ3) is 15.0. The van der Waals surface area contributed by atoms with Crippen molar-refractivity contribution in [3.05, 3.63) is 119 Å². The first-order valence-electron chi connectivity index (χ1n) is 25.6. The van der Waals surface area contributed by atoms with Gasteiger partial charge in [-0.3, -0.25) is 42.5 Å². The minimum atomic E-state index is -4.72. The fraction of sp³-hybridized carbons (Fsp3) is 0.415. The standard InChI is InChI=1S/C53H60N6O19S3/c1-52(2)40-31-37(50(65)55(4)76-28-10-6-9-15-48(64)77-58-44(60)22-23-45(58)61)34-56(26-11-29-79(67,68)69)49(40)54-42(52)13-7-5-8-14-43-53(3,33-35-16-18-36(19-17-35)51(66)78-59-46(62)24-25-47(59)63)39-32-38(81(73,74)75)20-21-41(39)57(43)27-12-30-80(70,71)72/h5,7-8,13-14,16-21,31-32,34H,6,9-12,15,22-30,33H2,1-4H3,(H2-,67,68,69,70,71,72,73,74,75)/p+1. The van der Waals surface area contributed by atoms with Crippen LogP contribution in [0, 0.1) is 0 Å². The number of unbranched alkanes of at least 4 members (excludes halogenated alkanes) is 2. The molecule has 81 heavy (non-hydrogen) atoms. The van der Waals surface area contributed by atoms with Gasteiger partial charge in [-0.25, -0.2) is 19.2 Å². The quantitative estimate of drug-likeness (QED) is 0.0261. The Bertz CT molecular complexity index is 3490. The van der Waals surface area contributed by atoms with Gasteiger partial charge in [0.25, 0.3) is 59.9 Å². The van der Waals surface area contributed by atoms with E-state index < -0.39 is 99.1 Å². The molecule has 2 saturated heterocycles. The van der Waals surface area contributed by atoms with Crippen molar-refractivity contribution in [1.82, 2.24) is 15.2 Å². The summed E-state index contributed by atoms with van der Waals surface area (Å²) in [5, 5.41) is 1.96. The van der Waals surface area contributed by atoms with E-state index in [1.807, 2.05) is 20.8 Å². The number of hydrogen-bond donors (Lipinski definition) is 3. The van der Waals surface area contributed by atoms with E-state index in [0.29, 0.717) is 69.0 Å². The summed E-state index contributed by atoms with van der Waals surface area (Å²) in [4.78, 5) is 109. The van der Waals surface area contributed by atoms with Crippen LogP contribution in [0.2, 0.25) is 0 Å². The van der Waals surface area contributed by atoms with Crippen molar-refractivity contribution in [2.24, 2.45) is 4.99 Å². The molecule has 4 aliphatic rings. The summed E-state index contributed by atoms with van der Waals surface area (Å²) in [5.74, 6) is -5.43. The van der Waals surface area contributed by atoms with Gasteiger partial charge in [0, 0.05) is 68.9 Å². The highest BCUT2D eigenvalue weighted by Crippen LogP contribution is 2.51. The second kappa shape index (κ2) is 24.8. The molecular weight excluding hydrogens is 1120 g/mol. The molecule has 4 aliphatic heterocycles. The molecule has 5 heterocycles. The Morgan fingerprint density at radius 1 is 0.728 bits per heavy atom. The van der Waals surface area contributed by atoms with Crippen molar-refractivity contribution >= 4 is 89.0 Å². The molecule has 28 heteroatoms. The summed E-state index contributed by atoms with van der Waals surface area (Å²) in [6, 6.07) is 11.7. The number of benzene rings is 2. The predicted molar refractivity (Wildman–Crippen MR) is 286 cm³/mol. The zero-order valence-electron chi connectivity index (χ0n) is 44.7. The van der Waals surface area contributed by atoms with Crippen LogP contribution in [-0.4, -0.2) is 133 Å². The van der Waals surface area contributed by atoms with Crippen LogP contribution in [0.15, 0.2) is 101 Å². The van der Waals surface area contributed by atoms with Crippen LogP contribution in [0.3, 0.4) is 0 Å². The van der Waals surface area contributed by atoms with Crippen LogP contribution >= 0.6 is 0 Å². The van der Waals surface area contributed by atoms with Crippen LogP contribution in [0.5, 0.6) is 0 Å². The van der Waals surface area contributed by atoms with Gasteiger partial charge < -0.3 is 14.6 Å². The lowest BCUT2D eigenvalue weighted by Crippen LogP contribution is -2.39. The van der Waals surface area contributed by atoms with E-state index >= 15 is 0 Å². The lowest BCUT2D eigenvalue weighted by Gasteiger charge is -2.30. The Morgan fingerprint density at radius 3 is 1.96 bits per heavy atom. The molecule has 1 unspecified atom stereocenters. The molecule has 0 saturated carbocycles. The van der Waals surface area contributed by atoms with Gasteiger partial charge in [-0.05, 0) is 111 Å². The zero-order valence-corrected chi connectivity index (χ0v) is 47.1. The van der Waals surface area contributed by atoms with Crippen molar-refractivity contribution in [3.8, 4) is 0 Å². The van der Waals surface area contributed by atoms with Gasteiger partial charge >= 0.3 is 17.8 Å². The molecule has 0 radical (unpaired) electrons. The molecule has 0 spiro atoms. The average Bonchev–Trinajstić information content (AvgIpc) is 4.02. The number of carbonyl (C=O) groups is 7. The number of hydroxylamine groups is 6. The van der Waals surface area contributed by atoms with E-state index in [9.17, 15) is 72.5 Å². The monoisotopic (exact) mass is 1180 g/mol. The van der Waals surface area contributed by atoms with Gasteiger partial charge in [-0.15, -0.1) is 10.1 Å². The zero-order chi connectivity index (χ0) is 59.2. The third-order valence-electron chi connectivity index (χ3n) is 13.9. The molecule has 1 aromatic heterocycles. The normalized spacial score (nSPS) is 18.6. The highest BCUT2D eigenvalue weighted by molar-refractivity contribution is 7.86. The number of pyridine rings is 1. The predicted octanol–water partition coefficient (Wildman–Crippen LogP) is 4.55. The average molecular weight is 1180 g/mol. The third-order valence-corrected chi connectivity index (χ3v) is 16.4. The van der Waals surface area contributed by atoms with E-state index in [0.717, 1.165) is 5.06 Å². The fourth-order valence-corrected chi connectivity index (χ4v) is 11.2. The second-order valence-electron chi connectivity index (χ2n) is 20.3. The van der Waals surface area contributed by atoms with Crippen molar-refractivity contribution in [3.63, 3.8) is 0 Å². The van der Waals surface area contributed by atoms with Gasteiger partial charge in [0.2, 0.25) is 0 Å². The van der Waals surface area contributed by atoms with Crippen LogP contribution < -0.4 is 9.47 Å². The van der Waals surface area contributed by atoms with Crippen molar-refractivity contribution in [2.75, 3.05) is 36.6 Å². The lowest BCUT2D eigenvalue weighted by molar-refractivity contribution is -0.684. The fourth-order valence-electron chi connectivity index (χ4n) is 9.71. The van der Waals surface area contributed by atoms with Gasteiger partial charge in [-0.1, -0.05) is 36.8 Å². The number of fused-ring (bicyclic) bond motifs is 2. The highest BCUT2D eigenvalue weighted by atomic mass is 32.2. The minimum Gasteiger partial charge on any atom is -0.344 e. The maximum atomic E-state index is 13.9. The molecule has 3 aromatic rings. The van der Waals surface area contributed by atoms with Gasteiger partial charge in [-0.2, -0.15) is 25.3 Å². The van der Waals surface area contributed by atoms with E-state index in [-0.39, 0.29) is 82.2 Å². The summed E-state index contributed by atoms with van der Waals surface area (Å²) in [5.41, 5.74) is 1.40. The largest absolute Gasteiger partial charge is 0.363 e. The van der Waals surface area contributed by atoms with Crippen molar-refractivity contribution < 1.29 is 91.6 Å². The number of rotatable bonds is 25. The highest BCUT2D eigenvalue weighted by Gasteiger charge is 2.46. The Morgan fingerprint density at radius 2 is 1.35 bits per heavy atom. The Balaban J connectivity index is 1.11. The summed E-state index contributed by atoms with van der Waals surface area (Å²) in [7, 11) is -12.0. The van der Waals surface area contributed by atoms with Crippen LogP contribution in [-0.2, 0) is 92.6 Å². The SMILES string of the molecule is CN(OCCCCCC(=O)ON1C(=O)CCC1=O)C(=O)c1cc2c([n+](CCCS(=O)(=O)O)c1)N=C(/C=C/C=C/C=C1/N(CCCS(=O)(=O)O)c3ccc(S(=O)(=O)O)cc3C1(C)Cc1ccc(C(=O)ON3C(=O)CCC3=O)cc1)C2(C)C. The van der Waals surface area contributed by atoms with Crippen LogP contribution in [0.4, 0.5) is 11.5 Å². The van der Waals surface area contributed by atoms with Crippen molar-refractivity contribution in [2.45, 2.75) is 114 Å². The number of carbonyl (C=O) groups excluding carboxylic acids is 7. The summed E-state index contributed by atoms with van der Waals surface area (Å²) < 4.78 is 103. The maximum absolute atomic E-state index is 13.9. The summed E-state index contributed by atoms with van der Waals surface area (Å²) >= 11 is 0. The first-order valence-corrected chi connectivity index (χ1v) is 30.3. The molecule has 2 fully saturated rings. The molecule has 0 bridgehead atoms. The topological polar surface area (TPSA) is 339 Å². The first kappa shape index (κ1) is 61.3. The number of aryl methyl sites for hydroxylation is 1. The maximum Gasteiger partial charge on any atom is 0.363 e. The van der Waals surface area contributed by atoms with Gasteiger partial charge in [0.15, 0.2) is 5.71 Å².